The monoisotopic (exact) mass is 207 g/mol. The third kappa shape index (κ3) is 1.28. The number of fused-ring (bicyclic) bond motifs is 1. The van der Waals surface area contributed by atoms with E-state index >= 15 is 0 Å². The molecule has 0 atom stereocenters. The van der Waals surface area contributed by atoms with E-state index in [2.05, 4.69) is 31.8 Å². The SMILES string of the molecule is COc1nc2c(C)c(C)c(C)cc2s1. The summed E-state index contributed by atoms with van der Waals surface area (Å²) in [6.45, 7) is 6.38. The highest BCUT2D eigenvalue weighted by atomic mass is 32.1. The first-order valence-corrected chi connectivity index (χ1v) is 5.36. The number of rotatable bonds is 1. The Morgan fingerprint density at radius 3 is 2.57 bits per heavy atom. The van der Waals surface area contributed by atoms with Crippen LogP contribution in [0.15, 0.2) is 6.07 Å². The molecule has 0 fully saturated rings. The molecule has 74 valence electrons. The van der Waals surface area contributed by atoms with Gasteiger partial charge >= 0.3 is 0 Å². The fourth-order valence-corrected chi connectivity index (χ4v) is 2.48. The maximum absolute atomic E-state index is 5.14. The van der Waals surface area contributed by atoms with Crippen LogP contribution in [-0.4, -0.2) is 12.1 Å². The van der Waals surface area contributed by atoms with E-state index in [-0.39, 0.29) is 0 Å². The molecule has 1 aromatic heterocycles. The van der Waals surface area contributed by atoms with Gasteiger partial charge in [-0.2, -0.15) is 0 Å². The minimum absolute atomic E-state index is 0.744. The van der Waals surface area contributed by atoms with Crippen LogP contribution in [0.25, 0.3) is 10.2 Å². The first-order valence-electron chi connectivity index (χ1n) is 4.55. The lowest BCUT2D eigenvalue weighted by Crippen LogP contribution is -1.87. The number of aromatic nitrogens is 1. The molecule has 0 aliphatic carbocycles. The molecule has 0 unspecified atom stereocenters. The lowest BCUT2D eigenvalue weighted by molar-refractivity contribution is 0.413. The Bertz CT molecular complexity index is 487. The van der Waals surface area contributed by atoms with Crippen LogP contribution in [0.3, 0.4) is 0 Å². The van der Waals surface area contributed by atoms with E-state index in [0.717, 1.165) is 10.7 Å². The second kappa shape index (κ2) is 3.24. The van der Waals surface area contributed by atoms with Gasteiger partial charge in [-0.1, -0.05) is 11.3 Å². The maximum Gasteiger partial charge on any atom is 0.274 e. The van der Waals surface area contributed by atoms with Crippen molar-refractivity contribution in [2.45, 2.75) is 20.8 Å². The van der Waals surface area contributed by atoms with E-state index in [1.165, 1.54) is 21.4 Å². The molecular weight excluding hydrogens is 194 g/mol. The molecule has 0 amide bonds. The predicted molar refractivity (Wildman–Crippen MR) is 60.4 cm³/mol. The molecule has 0 saturated carbocycles. The minimum atomic E-state index is 0.744. The van der Waals surface area contributed by atoms with Crippen molar-refractivity contribution in [2.24, 2.45) is 0 Å². The van der Waals surface area contributed by atoms with Gasteiger partial charge in [0.2, 0.25) is 0 Å². The van der Waals surface area contributed by atoms with E-state index in [4.69, 9.17) is 4.74 Å². The summed E-state index contributed by atoms with van der Waals surface area (Å²) in [6.07, 6.45) is 0. The summed E-state index contributed by atoms with van der Waals surface area (Å²) in [4.78, 5) is 4.43. The molecule has 3 heteroatoms. The largest absolute Gasteiger partial charge is 0.473 e. The van der Waals surface area contributed by atoms with Crippen LogP contribution in [0, 0.1) is 20.8 Å². The lowest BCUT2D eigenvalue weighted by Gasteiger charge is -2.03. The van der Waals surface area contributed by atoms with Crippen LogP contribution in [0.1, 0.15) is 16.7 Å². The zero-order chi connectivity index (χ0) is 10.3. The third-order valence-corrected chi connectivity index (χ3v) is 3.63. The maximum atomic E-state index is 5.14. The van der Waals surface area contributed by atoms with Crippen molar-refractivity contribution in [3.63, 3.8) is 0 Å². The highest BCUT2D eigenvalue weighted by molar-refractivity contribution is 7.20. The summed E-state index contributed by atoms with van der Waals surface area (Å²) in [5.74, 6) is 0. The van der Waals surface area contributed by atoms with Crippen molar-refractivity contribution in [1.29, 1.82) is 0 Å². The Labute approximate surface area is 87.5 Å². The molecule has 14 heavy (non-hydrogen) atoms. The van der Waals surface area contributed by atoms with E-state index in [1.807, 2.05) is 0 Å². The van der Waals surface area contributed by atoms with Crippen molar-refractivity contribution >= 4 is 21.6 Å². The van der Waals surface area contributed by atoms with Gasteiger partial charge in [-0.15, -0.1) is 0 Å². The normalized spacial score (nSPS) is 10.9. The number of nitrogens with zero attached hydrogens (tertiary/aromatic N) is 1. The highest BCUT2D eigenvalue weighted by Gasteiger charge is 2.09. The fraction of sp³-hybridized carbons (Fsp3) is 0.364. The Hall–Kier alpha value is -1.09. The molecule has 0 saturated heterocycles. The molecule has 2 aromatic rings. The molecule has 0 aliphatic heterocycles. The van der Waals surface area contributed by atoms with Crippen LogP contribution in [0.2, 0.25) is 0 Å². The summed E-state index contributed by atoms with van der Waals surface area (Å²) in [5.41, 5.74) is 4.99. The zero-order valence-corrected chi connectivity index (χ0v) is 9.66. The topological polar surface area (TPSA) is 22.1 Å². The van der Waals surface area contributed by atoms with Gasteiger partial charge in [-0.05, 0) is 43.5 Å². The summed E-state index contributed by atoms with van der Waals surface area (Å²) in [6, 6.07) is 2.18. The Morgan fingerprint density at radius 1 is 1.21 bits per heavy atom. The molecule has 2 rings (SSSR count). The quantitative estimate of drug-likeness (QED) is 0.716. The number of hydrogen-bond donors (Lipinski definition) is 0. The van der Waals surface area contributed by atoms with Gasteiger partial charge in [0, 0.05) is 0 Å². The molecule has 0 bridgehead atoms. The molecule has 1 aromatic carbocycles. The summed E-state index contributed by atoms with van der Waals surface area (Å²) < 4.78 is 6.35. The van der Waals surface area contributed by atoms with Crippen LogP contribution in [0.5, 0.6) is 5.19 Å². The molecule has 0 spiro atoms. The molecule has 0 N–H and O–H groups in total. The molecule has 1 heterocycles. The minimum Gasteiger partial charge on any atom is -0.473 e. The van der Waals surface area contributed by atoms with Crippen LogP contribution in [-0.2, 0) is 0 Å². The highest BCUT2D eigenvalue weighted by Crippen LogP contribution is 2.32. The fourth-order valence-electron chi connectivity index (χ4n) is 1.54. The Morgan fingerprint density at radius 2 is 1.93 bits per heavy atom. The third-order valence-electron chi connectivity index (χ3n) is 2.67. The van der Waals surface area contributed by atoms with Crippen molar-refractivity contribution in [2.75, 3.05) is 7.11 Å². The Balaban J connectivity index is 2.81. The number of ether oxygens (including phenoxy) is 1. The summed E-state index contributed by atoms with van der Waals surface area (Å²) in [5, 5.41) is 0.744. The molecule has 0 aliphatic rings. The predicted octanol–water partition coefficient (Wildman–Crippen LogP) is 3.23. The van der Waals surface area contributed by atoms with E-state index < -0.39 is 0 Å². The van der Waals surface area contributed by atoms with Gasteiger partial charge in [-0.25, -0.2) is 4.98 Å². The number of methoxy groups -OCH3 is 1. The second-order valence-corrected chi connectivity index (χ2v) is 4.47. The molecule has 0 radical (unpaired) electrons. The van der Waals surface area contributed by atoms with Crippen LogP contribution in [0.4, 0.5) is 0 Å². The lowest BCUT2D eigenvalue weighted by atomic mass is 10.0. The Kier molecular flexibility index (Phi) is 2.19. The van der Waals surface area contributed by atoms with Crippen molar-refractivity contribution in [1.82, 2.24) is 4.98 Å². The first-order chi connectivity index (χ1) is 6.63. The standard InChI is InChI=1S/C11H13NOS/c1-6-5-9-10(8(3)7(6)2)12-11(13-4)14-9/h5H,1-4H3. The smallest absolute Gasteiger partial charge is 0.274 e. The molecular formula is C11H13NOS. The number of benzene rings is 1. The summed E-state index contributed by atoms with van der Waals surface area (Å²) in [7, 11) is 1.66. The zero-order valence-electron chi connectivity index (χ0n) is 8.84. The number of aryl methyl sites for hydroxylation is 2. The van der Waals surface area contributed by atoms with Crippen molar-refractivity contribution in [3.8, 4) is 5.19 Å². The second-order valence-electron chi connectivity index (χ2n) is 3.47. The average molecular weight is 207 g/mol. The van der Waals surface area contributed by atoms with Crippen LogP contribution >= 0.6 is 11.3 Å². The van der Waals surface area contributed by atoms with Crippen molar-refractivity contribution in [3.05, 3.63) is 22.8 Å². The van der Waals surface area contributed by atoms with Gasteiger partial charge in [0.15, 0.2) is 0 Å². The van der Waals surface area contributed by atoms with E-state index in [0.29, 0.717) is 0 Å². The van der Waals surface area contributed by atoms with Crippen molar-refractivity contribution < 1.29 is 4.74 Å². The number of thiazole rings is 1. The molecule has 2 nitrogen and oxygen atoms in total. The van der Waals surface area contributed by atoms with Gasteiger partial charge in [-0.3, -0.25) is 0 Å². The van der Waals surface area contributed by atoms with E-state index in [9.17, 15) is 0 Å². The average Bonchev–Trinajstić information content (AvgIpc) is 2.57. The number of hydrogen-bond acceptors (Lipinski definition) is 3. The van der Waals surface area contributed by atoms with Gasteiger partial charge < -0.3 is 4.74 Å². The van der Waals surface area contributed by atoms with Gasteiger partial charge in [0.05, 0.1) is 17.3 Å². The van der Waals surface area contributed by atoms with Gasteiger partial charge in [0.25, 0.3) is 5.19 Å². The van der Waals surface area contributed by atoms with Crippen LogP contribution < -0.4 is 4.74 Å². The summed E-state index contributed by atoms with van der Waals surface area (Å²) >= 11 is 1.60. The first kappa shape index (κ1) is 9.46. The van der Waals surface area contributed by atoms with Gasteiger partial charge in [0.1, 0.15) is 0 Å². The van der Waals surface area contributed by atoms with E-state index in [1.54, 1.807) is 18.4 Å².